The molecule has 38 heavy (non-hydrogen) atoms. The standard InChI is InChI=1S/C30H18Br2N2O2S2/c31-21-13-5-1-9-17(21)25-29(27(35)19-11-3-7-15-23(19)33-25)37-38-30-26(18-10-2-6-14-22(18)32)34-24-16-8-4-12-20(24)28(30)36/h1-16H,(H,33,35)(H,34,36). The molecule has 0 saturated carbocycles. The molecule has 0 aliphatic rings. The van der Waals surface area contributed by atoms with Gasteiger partial charge in [-0.15, -0.1) is 0 Å². The molecule has 2 N–H and O–H groups in total. The molecule has 0 unspecified atom stereocenters. The van der Waals surface area contributed by atoms with Gasteiger partial charge >= 0.3 is 0 Å². The summed E-state index contributed by atoms with van der Waals surface area (Å²) in [6, 6.07) is 30.6. The number of para-hydroxylation sites is 2. The third kappa shape index (κ3) is 4.56. The van der Waals surface area contributed by atoms with Crippen molar-refractivity contribution >= 4 is 75.3 Å². The molecule has 4 nitrogen and oxygen atoms in total. The average molecular weight is 662 g/mol. The van der Waals surface area contributed by atoms with E-state index in [2.05, 4.69) is 41.8 Å². The number of aromatic amines is 2. The molecular weight excluding hydrogens is 644 g/mol. The van der Waals surface area contributed by atoms with Gasteiger partial charge in [-0.25, -0.2) is 0 Å². The Bertz CT molecular complexity index is 1820. The summed E-state index contributed by atoms with van der Waals surface area (Å²) in [5, 5.41) is 1.20. The van der Waals surface area contributed by atoms with Gasteiger partial charge in [0, 0.05) is 41.9 Å². The van der Waals surface area contributed by atoms with Gasteiger partial charge in [0.05, 0.1) is 21.2 Å². The first-order valence-corrected chi connectivity index (χ1v) is 15.4. The van der Waals surface area contributed by atoms with Crippen LogP contribution in [0.2, 0.25) is 0 Å². The van der Waals surface area contributed by atoms with E-state index >= 15 is 0 Å². The predicted octanol–water partition coefficient (Wildman–Crippen LogP) is 9.03. The summed E-state index contributed by atoms with van der Waals surface area (Å²) in [6.07, 6.45) is 0. The van der Waals surface area contributed by atoms with Gasteiger partial charge in [0.25, 0.3) is 0 Å². The van der Waals surface area contributed by atoms with E-state index in [-0.39, 0.29) is 10.9 Å². The molecule has 0 atom stereocenters. The second-order valence-corrected chi connectivity index (χ2v) is 12.4. The second-order valence-electron chi connectivity index (χ2n) is 8.53. The highest BCUT2D eigenvalue weighted by atomic mass is 79.9. The summed E-state index contributed by atoms with van der Waals surface area (Å²) < 4.78 is 1.74. The molecule has 6 rings (SSSR count). The van der Waals surface area contributed by atoms with Gasteiger partial charge in [-0.05, 0) is 58.0 Å². The molecular formula is C30H18Br2N2O2S2. The van der Waals surface area contributed by atoms with Crippen LogP contribution in [0.3, 0.4) is 0 Å². The van der Waals surface area contributed by atoms with Gasteiger partial charge in [-0.2, -0.15) is 0 Å². The lowest BCUT2D eigenvalue weighted by molar-refractivity contribution is 1.26. The van der Waals surface area contributed by atoms with Crippen molar-refractivity contribution in [2.24, 2.45) is 0 Å². The van der Waals surface area contributed by atoms with Crippen LogP contribution in [0, 0.1) is 0 Å². The van der Waals surface area contributed by atoms with Crippen LogP contribution in [0.1, 0.15) is 0 Å². The van der Waals surface area contributed by atoms with Crippen LogP contribution in [0.5, 0.6) is 0 Å². The Balaban J connectivity index is 1.55. The third-order valence-corrected chi connectivity index (χ3v) is 10.1. The molecule has 0 spiro atoms. The van der Waals surface area contributed by atoms with E-state index in [0.717, 1.165) is 31.1 Å². The first-order valence-electron chi connectivity index (χ1n) is 11.7. The number of nitrogens with one attached hydrogen (secondary N) is 2. The first-order chi connectivity index (χ1) is 18.5. The Morgan fingerprint density at radius 2 is 0.868 bits per heavy atom. The van der Waals surface area contributed by atoms with Crippen LogP contribution in [0.15, 0.2) is 125 Å². The van der Waals surface area contributed by atoms with Gasteiger partial charge in [-0.1, -0.05) is 92.5 Å². The fraction of sp³-hybridized carbons (Fsp3) is 0. The zero-order chi connectivity index (χ0) is 26.2. The van der Waals surface area contributed by atoms with Gasteiger partial charge in [0.1, 0.15) is 0 Å². The van der Waals surface area contributed by atoms with Crippen LogP contribution in [-0.4, -0.2) is 9.97 Å². The maximum Gasteiger partial charge on any atom is 0.204 e. The summed E-state index contributed by atoms with van der Waals surface area (Å²) in [4.78, 5) is 35.6. The smallest absolute Gasteiger partial charge is 0.204 e. The van der Waals surface area contributed by atoms with Gasteiger partial charge < -0.3 is 9.97 Å². The number of fused-ring (bicyclic) bond motifs is 2. The highest BCUT2D eigenvalue weighted by Crippen LogP contribution is 2.44. The van der Waals surface area contributed by atoms with Crippen molar-refractivity contribution in [3.63, 3.8) is 0 Å². The molecule has 0 radical (unpaired) electrons. The SMILES string of the molecule is O=c1c(SSc2c(-c3ccccc3Br)[nH]c3ccccc3c2=O)c(-c2ccccc2Br)[nH]c2ccccc12. The van der Waals surface area contributed by atoms with E-state index in [4.69, 9.17) is 0 Å². The Morgan fingerprint density at radius 3 is 1.29 bits per heavy atom. The number of hydrogen-bond acceptors (Lipinski definition) is 4. The average Bonchev–Trinajstić information content (AvgIpc) is 2.94. The van der Waals surface area contributed by atoms with E-state index in [1.807, 2.05) is 97.1 Å². The van der Waals surface area contributed by atoms with Crippen molar-refractivity contribution in [2.45, 2.75) is 9.79 Å². The Kier molecular flexibility index (Phi) is 7.05. The van der Waals surface area contributed by atoms with E-state index in [0.29, 0.717) is 32.0 Å². The van der Waals surface area contributed by atoms with Gasteiger partial charge in [0.15, 0.2) is 0 Å². The second kappa shape index (κ2) is 10.6. The Labute approximate surface area is 242 Å². The maximum absolute atomic E-state index is 13.8. The number of hydrogen-bond donors (Lipinski definition) is 2. The fourth-order valence-electron chi connectivity index (χ4n) is 4.38. The molecule has 4 aromatic carbocycles. The van der Waals surface area contributed by atoms with E-state index in [9.17, 15) is 9.59 Å². The molecule has 0 aliphatic heterocycles. The molecule has 2 aromatic heterocycles. The summed E-state index contributed by atoms with van der Waals surface area (Å²) in [7, 11) is 2.60. The van der Waals surface area contributed by atoms with Crippen molar-refractivity contribution in [1.82, 2.24) is 9.97 Å². The summed E-state index contributed by atoms with van der Waals surface area (Å²) in [5.41, 5.74) is 4.51. The molecule has 0 saturated heterocycles. The summed E-state index contributed by atoms with van der Waals surface area (Å²) in [6.45, 7) is 0. The van der Waals surface area contributed by atoms with Crippen LogP contribution in [0.4, 0.5) is 0 Å². The summed E-state index contributed by atoms with van der Waals surface area (Å²) in [5.74, 6) is 0. The van der Waals surface area contributed by atoms with Crippen molar-refractivity contribution in [2.75, 3.05) is 0 Å². The number of H-pyrrole nitrogens is 2. The number of benzene rings is 4. The van der Waals surface area contributed by atoms with Crippen molar-refractivity contribution < 1.29 is 0 Å². The Hall–Kier alpha value is -3.04. The molecule has 0 amide bonds. The first kappa shape index (κ1) is 25.2. The zero-order valence-corrected chi connectivity index (χ0v) is 24.4. The minimum Gasteiger partial charge on any atom is -0.353 e. The topological polar surface area (TPSA) is 65.7 Å². The fourth-order valence-corrected chi connectivity index (χ4v) is 7.83. The third-order valence-electron chi connectivity index (χ3n) is 6.22. The van der Waals surface area contributed by atoms with Crippen molar-refractivity contribution in [3.05, 3.63) is 126 Å². The van der Waals surface area contributed by atoms with Crippen LogP contribution >= 0.6 is 53.4 Å². The maximum atomic E-state index is 13.8. The minimum atomic E-state index is -0.0812. The monoisotopic (exact) mass is 660 g/mol. The number of pyridine rings is 2. The Morgan fingerprint density at radius 1 is 0.500 bits per heavy atom. The van der Waals surface area contributed by atoms with Crippen LogP contribution in [0.25, 0.3) is 44.3 Å². The molecule has 0 fully saturated rings. The lowest BCUT2D eigenvalue weighted by atomic mass is 10.1. The quantitative estimate of drug-likeness (QED) is 0.181. The lowest BCUT2D eigenvalue weighted by Gasteiger charge is -2.15. The molecule has 2 heterocycles. The number of aromatic nitrogens is 2. The predicted molar refractivity (Wildman–Crippen MR) is 167 cm³/mol. The van der Waals surface area contributed by atoms with Crippen LogP contribution < -0.4 is 10.9 Å². The minimum absolute atomic E-state index is 0.0812. The normalized spacial score (nSPS) is 11.3. The van der Waals surface area contributed by atoms with Gasteiger partial charge in [-0.3, -0.25) is 9.59 Å². The molecule has 6 aromatic rings. The lowest BCUT2D eigenvalue weighted by Crippen LogP contribution is -2.10. The van der Waals surface area contributed by atoms with E-state index < -0.39 is 0 Å². The molecule has 0 aliphatic carbocycles. The number of halogens is 2. The highest BCUT2D eigenvalue weighted by Gasteiger charge is 2.21. The molecule has 186 valence electrons. The van der Waals surface area contributed by atoms with E-state index in [1.165, 1.54) is 21.6 Å². The molecule has 8 heteroatoms. The summed E-state index contributed by atoms with van der Waals surface area (Å²) >= 11 is 7.28. The largest absolute Gasteiger partial charge is 0.353 e. The zero-order valence-electron chi connectivity index (χ0n) is 19.6. The van der Waals surface area contributed by atoms with E-state index in [1.54, 1.807) is 0 Å². The number of rotatable bonds is 5. The van der Waals surface area contributed by atoms with Crippen LogP contribution in [-0.2, 0) is 0 Å². The molecule has 0 bridgehead atoms. The van der Waals surface area contributed by atoms with Crippen molar-refractivity contribution in [1.29, 1.82) is 0 Å². The van der Waals surface area contributed by atoms with Gasteiger partial charge in [0.2, 0.25) is 10.9 Å². The highest BCUT2D eigenvalue weighted by molar-refractivity contribution is 9.11. The van der Waals surface area contributed by atoms with Crippen molar-refractivity contribution in [3.8, 4) is 22.5 Å².